The molecule has 94 valence electrons. The number of hydrogen-bond donors (Lipinski definition) is 1. The number of nitrogens with one attached hydrogen (secondary N) is 1. The molecule has 0 saturated carbocycles. The highest BCUT2D eigenvalue weighted by Crippen LogP contribution is 2.24. The van der Waals surface area contributed by atoms with Gasteiger partial charge in [-0.25, -0.2) is 0 Å². The first-order valence-electron chi connectivity index (χ1n) is 5.82. The van der Waals surface area contributed by atoms with Crippen molar-refractivity contribution >= 4 is 23.1 Å². The normalized spacial score (nSPS) is 11.3. The topological polar surface area (TPSA) is 37.8 Å². The third kappa shape index (κ3) is 3.20. The van der Waals surface area contributed by atoms with Gasteiger partial charge in [-0.05, 0) is 35.2 Å². The Morgan fingerprint density at radius 1 is 0.944 bits per heavy atom. The number of nitrogens with zero attached hydrogens (tertiary/aromatic N) is 2. The van der Waals surface area contributed by atoms with E-state index in [9.17, 15) is 0 Å². The Morgan fingerprint density at radius 3 is 2.11 bits per heavy atom. The van der Waals surface area contributed by atoms with Gasteiger partial charge in [0.1, 0.15) is 0 Å². The fourth-order valence-corrected chi connectivity index (χ4v) is 1.68. The van der Waals surface area contributed by atoms with Crippen LogP contribution in [0.4, 0.5) is 11.5 Å². The summed E-state index contributed by atoms with van der Waals surface area (Å²) in [6.45, 7) is 6.58. The fourth-order valence-electron chi connectivity index (χ4n) is 1.58. The number of hydrogen-bond acceptors (Lipinski definition) is 3. The van der Waals surface area contributed by atoms with Gasteiger partial charge in [0.25, 0.3) is 0 Å². The molecule has 2 aromatic rings. The summed E-state index contributed by atoms with van der Waals surface area (Å²) in [5, 5.41) is 11.3. The van der Waals surface area contributed by atoms with Gasteiger partial charge in [0.15, 0.2) is 11.0 Å². The molecule has 0 fully saturated rings. The van der Waals surface area contributed by atoms with Crippen LogP contribution in [0.3, 0.4) is 0 Å². The first-order valence-corrected chi connectivity index (χ1v) is 6.20. The monoisotopic (exact) mass is 261 g/mol. The van der Waals surface area contributed by atoms with Crippen LogP contribution in [0.2, 0.25) is 5.15 Å². The molecule has 1 N–H and O–H groups in total. The van der Waals surface area contributed by atoms with Crippen LogP contribution in [0.5, 0.6) is 0 Å². The smallest absolute Gasteiger partial charge is 0.153 e. The van der Waals surface area contributed by atoms with Gasteiger partial charge in [-0.2, -0.15) is 0 Å². The van der Waals surface area contributed by atoms with Crippen LogP contribution in [0.25, 0.3) is 0 Å². The fraction of sp³-hybridized carbons (Fsp3) is 0.286. The third-order valence-electron chi connectivity index (χ3n) is 2.66. The summed E-state index contributed by atoms with van der Waals surface area (Å²) in [5.41, 5.74) is 2.45. The van der Waals surface area contributed by atoms with E-state index in [-0.39, 0.29) is 5.41 Å². The number of halogens is 1. The van der Waals surface area contributed by atoms with E-state index < -0.39 is 0 Å². The highest BCUT2D eigenvalue weighted by Gasteiger charge is 2.12. The van der Waals surface area contributed by atoms with E-state index in [2.05, 4.69) is 48.4 Å². The Bertz CT molecular complexity index is 512. The summed E-state index contributed by atoms with van der Waals surface area (Å²) < 4.78 is 0. The van der Waals surface area contributed by atoms with Gasteiger partial charge in [0, 0.05) is 5.69 Å². The Morgan fingerprint density at radius 2 is 1.61 bits per heavy atom. The van der Waals surface area contributed by atoms with E-state index in [1.807, 2.05) is 12.1 Å². The Balaban J connectivity index is 2.13. The minimum atomic E-state index is 0.165. The lowest BCUT2D eigenvalue weighted by Crippen LogP contribution is -2.10. The van der Waals surface area contributed by atoms with Crippen molar-refractivity contribution in [3.63, 3.8) is 0 Å². The molecule has 0 aliphatic heterocycles. The van der Waals surface area contributed by atoms with Crippen LogP contribution in [0.15, 0.2) is 36.4 Å². The van der Waals surface area contributed by atoms with Crippen LogP contribution < -0.4 is 5.32 Å². The molecule has 18 heavy (non-hydrogen) atoms. The van der Waals surface area contributed by atoms with Crippen LogP contribution in [0, 0.1) is 0 Å². The van der Waals surface area contributed by atoms with E-state index in [0.717, 1.165) is 5.69 Å². The molecule has 3 nitrogen and oxygen atoms in total. The van der Waals surface area contributed by atoms with Crippen LogP contribution >= 0.6 is 11.6 Å². The molecule has 1 aromatic heterocycles. The summed E-state index contributed by atoms with van der Waals surface area (Å²) >= 11 is 5.68. The van der Waals surface area contributed by atoms with E-state index in [1.54, 1.807) is 12.1 Å². The van der Waals surface area contributed by atoms with E-state index in [4.69, 9.17) is 11.6 Å². The summed E-state index contributed by atoms with van der Waals surface area (Å²) in [4.78, 5) is 0. The van der Waals surface area contributed by atoms with Crippen molar-refractivity contribution in [3.05, 3.63) is 47.1 Å². The molecular formula is C14H16ClN3. The standard InChI is InChI=1S/C14H16ClN3/c1-14(2,3)10-4-6-11(7-5-10)16-13-9-8-12(15)17-18-13/h4-9H,1-3H3,(H,16,18). The summed E-state index contributed by atoms with van der Waals surface area (Å²) in [6, 6.07) is 11.8. The molecular weight excluding hydrogens is 246 g/mol. The average molecular weight is 262 g/mol. The summed E-state index contributed by atoms with van der Waals surface area (Å²) in [5.74, 6) is 0.683. The second kappa shape index (κ2) is 4.94. The molecule has 0 amide bonds. The van der Waals surface area contributed by atoms with Gasteiger partial charge in [0.05, 0.1) is 0 Å². The Hall–Kier alpha value is -1.61. The molecule has 4 heteroatoms. The van der Waals surface area contributed by atoms with E-state index >= 15 is 0 Å². The first-order chi connectivity index (χ1) is 8.45. The molecule has 0 bridgehead atoms. The minimum Gasteiger partial charge on any atom is -0.339 e. The van der Waals surface area contributed by atoms with Crippen LogP contribution in [-0.4, -0.2) is 10.2 Å². The van der Waals surface area contributed by atoms with Crippen LogP contribution in [-0.2, 0) is 5.41 Å². The molecule has 0 saturated heterocycles. The zero-order valence-electron chi connectivity index (χ0n) is 10.7. The number of rotatable bonds is 2. The molecule has 0 unspecified atom stereocenters. The number of aromatic nitrogens is 2. The minimum absolute atomic E-state index is 0.165. The summed E-state index contributed by atoms with van der Waals surface area (Å²) in [6.07, 6.45) is 0. The Kier molecular flexibility index (Phi) is 3.53. The zero-order chi connectivity index (χ0) is 13.2. The lowest BCUT2D eigenvalue weighted by atomic mass is 9.87. The van der Waals surface area contributed by atoms with Crippen molar-refractivity contribution in [2.75, 3.05) is 5.32 Å². The largest absolute Gasteiger partial charge is 0.339 e. The Labute approximate surface area is 112 Å². The van der Waals surface area contributed by atoms with Gasteiger partial charge >= 0.3 is 0 Å². The molecule has 0 atom stereocenters. The van der Waals surface area contributed by atoms with Crippen molar-refractivity contribution in [2.24, 2.45) is 0 Å². The van der Waals surface area contributed by atoms with Crippen molar-refractivity contribution in [3.8, 4) is 0 Å². The molecule has 1 aromatic carbocycles. The average Bonchev–Trinajstić information content (AvgIpc) is 2.32. The van der Waals surface area contributed by atoms with Gasteiger partial charge in [-0.15, -0.1) is 10.2 Å². The SMILES string of the molecule is CC(C)(C)c1ccc(Nc2ccc(Cl)nn2)cc1. The maximum absolute atomic E-state index is 5.68. The van der Waals surface area contributed by atoms with E-state index in [0.29, 0.717) is 11.0 Å². The van der Waals surface area contributed by atoms with Gasteiger partial charge in [-0.1, -0.05) is 44.5 Å². The quantitative estimate of drug-likeness (QED) is 0.882. The molecule has 0 aliphatic carbocycles. The molecule has 0 aliphatic rings. The predicted molar refractivity (Wildman–Crippen MR) is 75.5 cm³/mol. The highest BCUT2D eigenvalue weighted by molar-refractivity contribution is 6.29. The van der Waals surface area contributed by atoms with Crippen LogP contribution in [0.1, 0.15) is 26.3 Å². The van der Waals surface area contributed by atoms with Crippen molar-refractivity contribution in [1.29, 1.82) is 0 Å². The maximum Gasteiger partial charge on any atom is 0.153 e. The predicted octanol–water partition coefficient (Wildman–Crippen LogP) is 4.17. The number of benzene rings is 1. The van der Waals surface area contributed by atoms with E-state index in [1.165, 1.54) is 5.56 Å². The van der Waals surface area contributed by atoms with Crippen molar-refractivity contribution in [2.45, 2.75) is 26.2 Å². The molecule has 0 spiro atoms. The van der Waals surface area contributed by atoms with Gasteiger partial charge in [-0.3, -0.25) is 0 Å². The summed E-state index contributed by atoms with van der Waals surface area (Å²) in [7, 11) is 0. The lowest BCUT2D eigenvalue weighted by molar-refractivity contribution is 0.590. The number of anilines is 2. The first kappa shape index (κ1) is 12.8. The van der Waals surface area contributed by atoms with Crippen molar-refractivity contribution < 1.29 is 0 Å². The van der Waals surface area contributed by atoms with Gasteiger partial charge < -0.3 is 5.32 Å². The second-order valence-corrected chi connectivity index (χ2v) is 5.58. The lowest BCUT2D eigenvalue weighted by Gasteiger charge is -2.19. The third-order valence-corrected chi connectivity index (χ3v) is 2.86. The molecule has 1 heterocycles. The second-order valence-electron chi connectivity index (χ2n) is 5.19. The zero-order valence-corrected chi connectivity index (χ0v) is 11.5. The van der Waals surface area contributed by atoms with Gasteiger partial charge in [0.2, 0.25) is 0 Å². The molecule has 2 rings (SSSR count). The molecule has 0 radical (unpaired) electrons. The van der Waals surface area contributed by atoms with Crippen molar-refractivity contribution in [1.82, 2.24) is 10.2 Å². The maximum atomic E-state index is 5.68. The highest BCUT2D eigenvalue weighted by atomic mass is 35.5.